The summed E-state index contributed by atoms with van der Waals surface area (Å²) < 4.78 is 10.8. The molecule has 0 aliphatic carbocycles. The van der Waals surface area contributed by atoms with Crippen LogP contribution in [0.4, 0.5) is 0 Å². The summed E-state index contributed by atoms with van der Waals surface area (Å²) >= 11 is 0. The van der Waals surface area contributed by atoms with Crippen LogP contribution in [0.15, 0.2) is 45.4 Å². The minimum atomic E-state index is -0.127. The van der Waals surface area contributed by atoms with Gasteiger partial charge in [0.2, 0.25) is 5.89 Å². The molecule has 1 saturated heterocycles. The molecule has 1 amide bonds. The Balaban J connectivity index is 1.45. The highest BCUT2D eigenvalue weighted by Gasteiger charge is 2.30. The van der Waals surface area contributed by atoms with Crippen molar-refractivity contribution in [2.75, 3.05) is 13.1 Å². The highest BCUT2D eigenvalue weighted by Crippen LogP contribution is 2.28. The van der Waals surface area contributed by atoms with Crippen molar-refractivity contribution in [3.8, 4) is 11.3 Å². The number of piperidine rings is 1. The Hall–Kier alpha value is -2.96. The molecule has 1 aliphatic rings. The number of aromatic nitrogens is 3. The van der Waals surface area contributed by atoms with E-state index in [0.717, 1.165) is 30.7 Å². The van der Waals surface area contributed by atoms with E-state index >= 15 is 0 Å². The molecular weight excluding hydrogens is 356 g/mol. The first-order valence-corrected chi connectivity index (χ1v) is 9.74. The van der Waals surface area contributed by atoms with Crippen molar-refractivity contribution >= 4 is 5.91 Å². The van der Waals surface area contributed by atoms with Gasteiger partial charge in [-0.05, 0) is 18.8 Å². The van der Waals surface area contributed by atoms with Crippen LogP contribution in [0.2, 0.25) is 0 Å². The number of amides is 1. The van der Waals surface area contributed by atoms with Crippen LogP contribution >= 0.6 is 0 Å². The van der Waals surface area contributed by atoms with Gasteiger partial charge >= 0.3 is 0 Å². The van der Waals surface area contributed by atoms with Gasteiger partial charge in [-0.1, -0.05) is 54.5 Å². The van der Waals surface area contributed by atoms with Gasteiger partial charge in [-0.15, -0.1) is 0 Å². The van der Waals surface area contributed by atoms with E-state index in [2.05, 4.69) is 29.1 Å². The van der Waals surface area contributed by atoms with Gasteiger partial charge < -0.3 is 13.9 Å². The zero-order valence-electron chi connectivity index (χ0n) is 16.2. The normalized spacial score (nSPS) is 17.2. The third-order valence-electron chi connectivity index (χ3n) is 4.92. The first-order chi connectivity index (χ1) is 13.6. The summed E-state index contributed by atoms with van der Waals surface area (Å²) in [6.07, 6.45) is 2.61. The molecule has 4 rings (SSSR count). The van der Waals surface area contributed by atoms with Gasteiger partial charge in [-0.3, -0.25) is 4.79 Å². The van der Waals surface area contributed by atoms with Gasteiger partial charge in [0.05, 0.1) is 5.92 Å². The number of carbonyl (C=O) groups excluding carboxylic acids is 1. The summed E-state index contributed by atoms with van der Waals surface area (Å²) in [6, 6.07) is 11.3. The molecule has 1 fully saturated rings. The van der Waals surface area contributed by atoms with E-state index in [4.69, 9.17) is 9.05 Å². The zero-order chi connectivity index (χ0) is 19.5. The fourth-order valence-electron chi connectivity index (χ4n) is 3.52. The van der Waals surface area contributed by atoms with Gasteiger partial charge in [-0.25, -0.2) is 0 Å². The van der Waals surface area contributed by atoms with Crippen molar-refractivity contribution in [2.45, 2.75) is 39.0 Å². The summed E-state index contributed by atoms with van der Waals surface area (Å²) in [4.78, 5) is 19.2. The van der Waals surface area contributed by atoms with E-state index in [-0.39, 0.29) is 11.8 Å². The number of likely N-dealkylation sites (tertiary alicyclic amines) is 1. The molecule has 0 N–H and O–H groups in total. The maximum absolute atomic E-state index is 12.9. The molecule has 1 aromatic carbocycles. The van der Waals surface area contributed by atoms with Crippen LogP contribution in [0, 0.1) is 5.92 Å². The molecular formula is C21H24N4O3. The Morgan fingerprint density at radius 3 is 2.82 bits per heavy atom. The molecule has 0 bridgehead atoms. The summed E-state index contributed by atoms with van der Waals surface area (Å²) in [6.45, 7) is 5.49. The molecule has 0 spiro atoms. The highest BCUT2D eigenvalue weighted by atomic mass is 16.5. The number of benzene rings is 1. The molecule has 7 nitrogen and oxygen atoms in total. The van der Waals surface area contributed by atoms with Crippen LogP contribution in [0.1, 0.15) is 54.8 Å². The third kappa shape index (κ3) is 3.98. The first kappa shape index (κ1) is 18.4. The van der Waals surface area contributed by atoms with Crippen LogP contribution in [0.5, 0.6) is 0 Å². The van der Waals surface area contributed by atoms with Crippen molar-refractivity contribution in [2.24, 2.45) is 5.92 Å². The van der Waals surface area contributed by atoms with Gasteiger partial charge in [0.25, 0.3) is 5.91 Å². The van der Waals surface area contributed by atoms with E-state index in [1.807, 2.05) is 30.3 Å². The number of rotatable bonds is 5. The first-order valence-electron chi connectivity index (χ1n) is 9.74. The van der Waals surface area contributed by atoms with Crippen molar-refractivity contribution in [3.05, 3.63) is 53.8 Å². The smallest absolute Gasteiger partial charge is 0.276 e. The molecule has 146 valence electrons. The van der Waals surface area contributed by atoms with Crippen LogP contribution in [-0.4, -0.2) is 39.2 Å². The van der Waals surface area contributed by atoms with Crippen LogP contribution in [-0.2, 0) is 6.42 Å². The van der Waals surface area contributed by atoms with Gasteiger partial charge in [-0.2, -0.15) is 4.98 Å². The molecule has 1 atom stereocenters. The fourth-order valence-corrected chi connectivity index (χ4v) is 3.52. The molecule has 1 unspecified atom stereocenters. The lowest BCUT2D eigenvalue weighted by molar-refractivity contribution is 0.0685. The number of nitrogens with zero attached hydrogens (tertiary/aromatic N) is 4. The maximum Gasteiger partial charge on any atom is 0.276 e. The molecule has 0 saturated carbocycles. The fraction of sp³-hybridized carbons (Fsp3) is 0.429. The lowest BCUT2D eigenvalue weighted by atomic mass is 9.97. The standard InChI is InChI=1S/C21H24N4O3/c1-14(2)11-19-22-20(28-24-19)16-9-6-10-25(13-16)21(26)17-12-18(27-23-17)15-7-4-3-5-8-15/h3-5,7-8,12,14,16H,6,9-11,13H2,1-2H3. The number of carbonyl (C=O) groups is 1. The second-order valence-corrected chi connectivity index (χ2v) is 7.68. The molecule has 1 aliphatic heterocycles. The molecule has 3 aromatic rings. The summed E-state index contributed by atoms with van der Waals surface area (Å²) in [5.41, 5.74) is 1.22. The van der Waals surface area contributed by atoms with Crippen LogP contribution in [0.25, 0.3) is 11.3 Å². The van der Waals surface area contributed by atoms with Crippen molar-refractivity contribution in [1.82, 2.24) is 20.2 Å². The summed E-state index contributed by atoms with van der Waals surface area (Å²) in [5, 5.41) is 8.06. The third-order valence-corrected chi connectivity index (χ3v) is 4.92. The van der Waals surface area contributed by atoms with Crippen LogP contribution in [0.3, 0.4) is 0 Å². The molecule has 28 heavy (non-hydrogen) atoms. The Bertz CT molecular complexity index is 932. The quantitative estimate of drug-likeness (QED) is 0.666. The Labute approximate surface area is 163 Å². The average molecular weight is 380 g/mol. The molecule has 3 heterocycles. The predicted octanol–water partition coefficient (Wildman–Crippen LogP) is 3.94. The van der Waals surface area contributed by atoms with Crippen LogP contribution < -0.4 is 0 Å². The second-order valence-electron chi connectivity index (χ2n) is 7.68. The van der Waals surface area contributed by atoms with Crippen molar-refractivity contribution in [1.29, 1.82) is 0 Å². The lowest BCUT2D eigenvalue weighted by Gasteiger charge is -2.30. The van der Waals surface area contributed by atoms with Crippen molar-refractivity contribution in [3.63, 3.8) is 0 Å². The highest BCUT2D eigenvalue weighted by molar-refractivity contribution is 5.93. The minimum Gasteiger partial charge on any atom is -0.355 e. The van der Waals surface area contributed by atoms with Gasteiger partial charge in [0.1, 0.15) is 0 Å². The van der Waals surface area contributed by atoms with E-state index in [9.17, 15) is 4.79 Å². The maximum atomic E-state index is 12.9. The predicted molar refractivity (Wildman–Crippen MR) is 103 cm³/mol. The lowest BCUT2D eigenvalue weighted by Crippen LogP contribution is -2.39. The second kappa shape index (κ2) is 7.96. The SMILES string of the molecule is CC(C)Cc1noc(C2CCCN(C(=O)c3cc(-c4ccccc4)on3)C2)n1. The molecule has 2 aromatic heterocycles. The summed E-state index contributed by atoms with van der Waals surface area (Å²) in [5.74, 6) is 2.36. The number of hydrogen-bond donors (Lipinski definition) is 0. The van der Waals surface area contributed by atoms with Gasteiger partial charge in [0.15, 0.2) is 17.3 Å². The Kier molecular flexibility index (Phi) is 5.23. The zero-order valence-corrected chi connectivity index (χ0v) is 16.2. The van der Waals surface area contributed by atoms with E-state index in [0.29, 0.717) is 36.4 Å². The molecule has 0 radical (unpaired) electrons. The average Bonchev–Trinajstić information content (AvgIpc) is 3.38. The van der Waals surface area contributed by atoms with E-state index in [1.165, 1.54) is 0 Å². The summed E-state index contributed by atoms with van der Waals surface area (Å²) in [7, 11) is 0. The number of hydrogen-bond acceptors (Lipinski definition) is 6. The minimum absolute atomic E-state index is 0.0617. The van der Waals surface area contributed by atoms with Crippen molar-refractivity contribution < 1.29 is 13.8 Å². The monoisotopic (exact) mass is 380 g/mol. The topological polar surface area (TPSA) is 85.3 Å². The largest absolute Gasteiger partial charge is 0.355 e. The van der Waals surface area contributed by atoms with Gasteiger partial charge in [0, 0.05) is 31.1 Å². The van der Waals surface area contributed by atoms with E-state index in [1.54, 1.807) is 11.0 Å². The Morgan fingerprint density at radius 1 is 1.21 bits per heavy atom. The van der Waals surface area contributed by atoms with E-state index < -0.39 is 0 Å². The Morgan fingerprint density at radius 2 is 2.04 bits per heavy atom. The molecule has 7 heteroatoms.